The fraction of sp³-hybridized carbons (Fsp3) is 0.611. The molecule has 0 aromatic heterocycles. The highest BCUT2D eigenvalue weighted by Gasteiger charge is 2.44. The van der Waals surface area contributed by atoms with Crippen LogP contribution in [0, 0.1) is 5.92 Å². The zero-order chi connectivity index (χ0) is 14.7. The normalized spacial score (nSPS) is 29.2. The van der Waals surface area contributed by atoms with Gasteiger partial charge in [0.25, 0.3) is 0 Å². The maximum absolute atomic E-state index is 11.5. The number of aryl methyl sites for hydroxylation is 1. The van der Waals surface area contributed by atoms with E-state index >= 15 is 0 Å². The van der Waals surface area contributed by atoms with Gasteiger partial charge in [-0.25, -0.2) is 0 Å². The number of fused-ring (bicyclic) bond motifs is 1. The fourth-order valence-electron chi connectivity index (χ4n) is 4.23. The molecule has 0 unspecified atom stereocenters. The molecular formula is C18H25NO2. The highest BCUT2D eigenvalue weighted by atomic mass is 16.4. The number of carboxylic acid groups (broad SMARTS) is 1. The Labute approximate surface area is 127 Å². The summed E-state index contributed by atoms with van der Waals surface area (Å²) in [6.07, 6.45) is 7.93. The number of rotatable bonds is 5. The van der Waals surface area contributed by atoms with Crippen molar-refractivity contribution in [1.29, 1.82) is 0 Å². The first-order valence-corrected chi connectivity index (χ1v) is 8.28. The van der Waals surface area contributed by atoms with E-state index in [1.807, 2.05) is 6.07 Å². The van der Waals surface area contributed by atoms with Gasteiger partial charge in [-0.3, -0.25) is 9.69 Å². The molecule has 1 saturated carbocycles. The average molecular weight is 287 g/mol. The standard InChI is InChI=1S/C18H25NO2/c20-18(21)17-13-15-10-4-5-11-16(15)19(17)12-6-9-14-7-2-1-3-8-14/h1-3,7-8,15-17H,4-6,9-13H2,(H,20,21)/t15-,16+,17+/m1/s1. The summed E-state index contributed by atoms with van der Waals surface area (Å²) in [5.74, 6) is 0.000636. The zero-order valence-electron chi connectivity index (χ0n) is 12.6. The molecule has 0 spiro atoms. The maximum Gasteiger partial charge on any atom is 0.320 e. The Hall–Kier alpha value is -1.35. The Morgan fingerprint density at radius 3 is 2.71 bits per heavy atom. The smallest absolute Gasteiger partial charge is 0.320 e. The van der Waals surface area contributed by atoms with Gasteiger partial charge in [-0.1, -0.05) is 43.2 Å². The molecule has 1 N–H and O–H groups in total. The molecule has 1 aliphatic heterocycles. The molecule has 1 aromatic carbocycles. The van der Waals surface area contributed by atoms with Crippen molar-refractivity contribution in [3.8, 4) is 0 Å². The first-order valence-electron chi connectivity index (χ1n) is 8.28. The highest BCUT2D eigenvalue weighted by molar-refractivity contribution is 5.74. The lowest BCUT2D eigenvalue weighted by Gasteiger charge is -2.33. The lowest BCUT2D eigenvalue weighted by atomic mass is 9.84. The van der Waals surface area contributed by atoms with Crippen molar-refractivity contribution >= 4 is 5.97 Å². The van der Waals surface area contributed by atoms with Crippen LogP contribution in [0.2, 0.25) is 0 Å². The molecular weight excluding hydrogens is 262 g/mol. The Balaban J connectivity index is 1.60. The summed E-state index contributed by atoms with van der Waals surface area (Å²) in [5.41, 5.74) is 1.35. The number of nitrogens with zero attached hydrogens (tertiary/aromatic N) is 1. The third-order valence-corrected chi connectivity index (χ3v) is 5.23. The van der Waals surface area contributed by atoms with Crippen molar-refractivity contribution < 1.29 is 9.90 Å². The summed E-state index contributed by atoms with van der Waals surface area (Å²) in [4.78, 5) is 13.8. The van der Waals surface area contributed by atoms with E-state index in [4.69, 9.17) is 0 Å². The molecule has 3 nitrogen and oxygen atoms in total. The Morgan fingerprint density at radius 2 is 1.95 bits per heavy atom. The minimum atomic E-state index is -0.621. The fourth-order valence-corrected chi connectivity index (χ4v) is 4.23. The van der Waals surface area contributed by atoms with Crippen LogP contribution in [0.4, 0.5) is 0 Å². The molecule has 0 bridgehead atoms. The second-order valence-corrected chi connectivity index (χ2v) is 6.53. The summed E-state index contributed by atoms with van der Waals surface area (Å²) in [5, 5.41) is 9.51. The molecule has 0 radical (unpaired) electrons. The maximum atomic E-state index is 11.5. The van der Waals surface area contributed by atoms with Gasteiger partial charge < -0.3 is 5.11 Å². The quantitative estimate of drug-likeness (QED) is 0.903. The van der Waals surface area contributed by atoms with Crippen LogP contribution in [0.15, 0.2) is 30.3 Å². The van der Waals surface area contributed by atoms with E-state index in [0.717, 1.165) is 25.8 Å². The molecule has 3 rings (SSSR count). The van der Waals surface area contributed by atoms with Crippen molar-refractivity contribution in [2.24, 2.45) is 5.92 Å². The number of likely N-dealkylation sites (tertiary alicyclic amines) is 1. The minimum Gasteiger partial charge on any atom is -0.480 e. The van der Waals surface area contributed by atoms with Crippen LogP contribution in [-0.4, -0.2) is 34.6 Å². The van der Waals surface area contributed by atoms with Gasteiger partial charge in [-0.15, -0.1) is 0 Å². The summed E-state index contributed by atoms with van der Waals surface area (Å²) < 4.78 is 0. The molecule has 21 heavy (non-hydrogen) atoms. The van der Waals surface area contributed by atoms with Crippen molar-refractivity contribution in [3.05, 3.63) is 35.9 Å². The predicted octanol–water partition coefficient (Wildman–Crippen LogP) is 3.34. The van der Waals surface area contributed by atoms with E-state index in [1.54, 1.807) is 0 Å². The van der Waals surface area contributed by atoms with Gasteiger partial charge >= 0.3 is 5.97 Å². The molecule has 1 heterocycles. The van der Waals surface area contributed by atoms with E-state index < -0.39 is 5.97 Å². The Morgan fingerprint density at radius 1 is 1.19 bits per heavy atom. The van der Waals surface area contributed by atoms with Crippen LogP contribution in [-0.2, 0) is 11.2 Å². The predicted molar refractivity (Wildman–Crippen MR) is 83.3 cm³/mol. The summed E-state index contributed by atoms with van der Waals surface area (Å²) in [6.45, 7) is 0.924. The van der Waals surface area contributed by atoms with E-state index in [1.165, 1.54) is 31.2 Å². The monoisotopic (exact) mass is 287 g/mol. The summed E-state index contributed by atoms with van der Waals surface area (Å²) in [7, 11) is 0. The topological polar surface area (TPSA) is 40.5 Å². The van der Waals surface area contributed by atoms with Crippen molar-refractivity contribution in [1.82, 2.24) is 4.90 Å². The van der Waals surface area contributed by atoms with Crippen molar-refractivity contribution in [2.45, 2.75) is 57.0 Å². The molecule has 2 aliphatic rings. The second kappa shape index (κ2) is 6.61. The molecule has 3 heteroatoms. The third-order valence-electron chi connectivity index (χ3n) is 5.23. The molecule has 1 aliphatic carbocycles. The van der Waals surface area contributed by atoms with Gasteiger partial charge in [-0.05, 0) is 50.1 Å². The van der Waals surface area contributed by atoms with Gasteiger partial charge in [0.2, 0.25) is 0 Å². The number of hydrogen-bond donors (Lipinski definition) is 1. The first kappa shape index (κ1) is 14.6. The largest absolute Gasteiger partial charge is 0.480 e. The number of aliphatic carboxylic acids is 1. The Bertz CT molecular complexity index is 473. The number of carbonyl (C=O) groups is 1. The highest BCUT2D eigenvalue weighted by Crippen LogP contribution is 2.39. The van der Waals surface area contributed by atoms with Gasteiger partial charge in [0.1, 0.15) is 6.04 Å². The van der Waals surface area contributed by atoms with E-state index in [9.17, 15) is 9.90 Å². The van der Waals surface area contributed by atoms with Crippen LogP contribution in [0.5, 0.6) is 0 Å². The molecule has 3 atom stereocenters. The summed E-state index contributed by atoms with van der Waals surface area (Å²) >= 11 is 0. The van der Waals surface area contributed by atoms with Crippen LogP contribution >= 0.6 is 0 Å². The van der Waals surface area contributed by atoms with Crippen LogP contribution in [0.25, 0.3) is 0 Å². The van der Waals surface area contributed by atoms with Crippen LogP contribution < -0.4 is 0 Å². The molecule has 1 saturated heterocycles. The second-order valence-electron chi connectivity index (χ2n) is 6.53. The molecule has 0 amide bonds. The lowest BCUT2D eigenvalue weighted by Crippen LogP contribution is -2.42. The number of hydrogen-bond acceptors (Lipinski definition) is 2. The average Bonchev–Trinajstić information content (AvgIpc) is 2.88. The van der Waals surface area contributed by atoms with Gasteiger partial charge in [0.15, 0.2) is 0 Å². The number of carboxylic acids is 1. The number of benzene rings is 1. The van der Waals surface area contributed by atoms with E-state index in [2.05, 4.69) is 29.2 Å². The van der Waals surface area contributed by atoms with Gasteiger partial charge in [-0.2, -0.15) is 0 Å². The lowest BCUT2D eigenvalue weighted by molar-refractivity contribution is -0.142. The summed E-state index contributed by atoms with van der Waals surface area (Å²) in [6, 6.07) is 10.8. The van der Waals surface area contributed by atoms with Crippen LogP contribution in [0.3, 0.4) is 0 Å². The molecule has 114 valence electrons. The van der Waals surface area contributed by atoms with Gasteiger partial charge in [0, 0.05) is 6.04 Å². The van der Waals surface area contributed by atoms with Crippen molar-refractivity contribution in [3.63, 3.8) is 0 Å². The first-order chi connectivity index (χ1) is 10.3. The minimum absolute atomic E-state index is 0.242. The SMILES string of the molecule is O=C(O)[C@@H]1C[C@H]2CCCC[C@@H]2N1CCCc1ccccc1. The van der Waals surface area contributed by atoms with Crippen LogP contribution in [0.1, 0.15) is 44.1 Å². The zero-order valence-corrected chi connectivity index (χ0v) is 12.6. The van der Waals surface area contributed by atoms with Gasteiger partial charge in [0.05, 0.1) is 0 Å². The molecule has 1 aromatic rings. The molecule has 2 fully saturated rings. The van der Waals surface area contributed by atoms with E-state index in [-0.39, 0.29) is 6.04 Å². The van der Waals surface area contributed by atoms with E-state index in [0.29, 0.717) is 12.0 Å². The van der Waals surface area contributed by atoms with Crippen molar-refractivity contribution in [2.75, 3.05) is 6.54 Å². The Kier molecular flexibility index (Phi) is 4.59. The third kappa shape index (κ3) is 3.29.